The number of rotatable bonds is 17. The second kappa shape index (κ2) is 20.8. The van der Waals surface area contributed by atoms with E-state index in [1.165, 1.54) is 98.1 Å². The van der Waals surface area contributed by atoms with Gasteiger partial charge >= 0.3 is 0 Å². The zero-order chi connectivity index (χ0) is 56.0. The molecular formula is C52H42O19S6. The molecule has 8 aromatic rings. The van der Waals surface area contributed by atoms with E-state index in [1.807, 2.05) is 0 Å². The van der Waals surface area contributed by atoms with Gasteiger partial charge in [-0.1, -0.05) is 59.7 Å². The number of ether oxygens (including phenoxy) is 4. The Bertz CT molecular complexity index is 4350. The Morgan fingerprint density at radius 2 is 0.675 bits per heavy atom. The molecule has 0 saturated heterocycles. The third kappa shape index (κ3) is 11.6. The van der Waals surface area contributed by atoms with Crippen LogP contribution in [0, 0.1) is 13.8 Å². The molecule has 0 radical (unpaired) electrons. The fourth-order valence-electron chi connectivity index (χ4n) is 7.82. The quantitative estimate of drug-likeness (QED) is 0.0715. The number of hydrogen-bond acceptors (Lipinski definition) is 16. The number of sulfone groups is 3. The van der Waals surface area contributed by atoms with E-state index >= 15 is 8.42 Å². The van der Waals surface area contributed by atoms with Crippen LogP contribution in [0.2, 0.25) is 0 Å². The average molecular weight is 1160 g/mol. The van der Waals surface area contributed by atoms with Crippen molar-refractivity contribution in [3.63, 3.8) is 0 Å². The maximum atomic E-state index is 15.6. The van der Waals surface area contributed by atoms with Crippen molar-refractivity contribution >= 4 is 59.9 Å². The maximum Gasteiger partial charge on any atom is 0.298 e. The van der Waals surface area contributed by atoms with Crippen molar-refractivity contribution in [3.8, 4) is 56.8 Å². The zero-order valence-corrected chi connectivity index (χ0v) is 45.3. The molecule has 19 nitrogen and oxygen atoms in total. The number of hydrogen-bond donors (Lipinski definition) is 3. The lowest BCUT2D eigenvalue weighted by Gasteiger charge is -2.18. The summed E-state index contributed by atoms with van der Waals surface area (Å²) in [5.74, 6) is -2.17. The number of methoxy groups -OCH3 is 2. The third-order valence-electron chi connectivity index (χ3n) is 11.8. The van der Waals surface area contributed by atoms with Crippen molar-refractivity contribution in [1.82, 2.24) is 0 Å². The van der Waals surface area contributed by atoms with Crippen LogP contribution in [0.3, 0.4) is 0 Å². The third-order valence-corrected chi connectivity index (χ3v) is 19.7. The molecule has 0 saturated carbocycles. The Hall–Kier alpha value is -7.46. The smallest absolute Gasteiger partial charge is 0.298 e. The summed E-state index contributed by atoms with van der Waals surface area (Å²) in [6.45, 7) is 3.44. The van der Waals surface area contributed by atoms with Gasteiger partial charge in [0.25, 0.3) is 30.4 Å². The van der Waals surface area contributed by atoms with Crippen LogP contribution in [0.1, 0.15) is 11.1 Å². The SMILES string of the molecule is COc1ccc(-c2ccc(Oc3ccc(S(=O)(=O)c4ccc(C)cc4)cc3S(=O)(=O)c3cc(Oc4ccc(S(=O)(=O)c5ccc(C)cc5)cc4S(=O)(=O)O)ccc3-c3ccc(OC)c(S(=O)(=O)O)c3)cc2)cc1S(=O)(=O)O. The molecule has 0 aliphatic carbocycles. The van der Waals surface area contributed by atoms with Gasteiger partial charge in [0.15, 0.2) is 0 Å². The Morgan fingerprint density at radius 1 is 0.312 bits per heavy atom. The van der Waals surface area contributed by atoms with E-state index in [0.29, 0.717) is 22.8 Å². The topological polar surface area (TPSA) is 302 Å². The molecule has 0 unspecified atom stereocenters. The Balaban J connectivity index is 1.32. The fraction of sp³-hybridized carbons (Fsp3) is 0.0769. The molecule has 8 rings (SSSR count). The highest BCUT2D eigenvalue weighted by molar-refractivity contribution is 7.92. The van der Waals surface area contributed by atoms with Gasteiger partial charge in [0, 0.05) is 11.6 Å². The minimum absolute atomic E-state index is 0.0429. The summed E-state index contributed by atoms with van der Waals surface area (Å²) in [6.07, 6.45) is 0. The van der Waals surface area contributed by atoms with Gasteiger partial charge in [0.05, 0.1) is 38.7 Å². The van der Waals surface area contributed by atoms with Crippen LogP contribution in [0.15, 0.2) is 208 Å². The Kier molecular flexibility index (Phi) is 15.1. The summed E-state index contributed by atoms with van der Waals surface area (Å²) < 4.78 is 215. The molecule has 3 N–H and O–H groups in total. The van der Waals surface area contributed by atoms with Crippen LogP contribution in [0.5, 0.6) is 34.5 Å². The van der Waals surface area contributed by atoms with Gasteiger partial charge in [-0.05, 0) is 140 Å². The molecule has 8 aromatic carbocycles. The van der Waals surface area contributed by atoms with E-state index in [9.17, 15) is 55.7 Å². The molecule has 0 atom stereocenters. The molecule has 0 fully saturated rings. The van der Waals surface area contributed by atoms with E-state index in [0.717, 1.165) is 79.4 Å². The van der Waals surface area contributed by atoms with Crippen LogP contribution in [-0.4, -0.2) is 78.4 Å². The lowest BCUT2D eigenvalue weighted by Crippen LogP contribution is -2.10. The van der Waals surface area contributed by atoms with Crippen LogP contribution >= 0.6 is 0 Å². The highest BCUT2D eigenvalue weighted by Crippen LogP contribution is 2.43. The van der Waals surface area contributed by atoms with E-state index in [4.69, 9.17) is 18.9 Å². The van der Waals surface area contributed by atoms with Crippen molar-refractivity contribution in [2.45, 2.75) is 57.9 Å². The highest BCUT2D eigenvalue weighted by atomic mass is 32.2. The lowest BCUT2D eigenvalue weighted by molar-refractivity contribution is 0.397. The molecule has 0 aromatic heterocycles. The van der Waals surface area contributed by atoms with E-state index in [-0.39, 0.29) is 38.2 Å². The standard InChI is InChI=1S/C52H42O19S6/c1-32-5-16-39(17-6-32)72(53,54)41-20-25-46(70-37-13-9-34(10-14-37)35-11-23-44(68-3)50(27-35)75(59,60)61)49(30-41)74(57,58)48-29-38(15-22-43(48)36-12-24-45(69-4)51(28-36)76(62,63)64)71-47-26-21-42(31-52(47)77(65,66)67)73(55,56)40-18-7-33(2)8-19-40/h5-31H,1-4H3,(H,59,60,61)(H,62,63,64)(H,65,66,67). The molecule has 25 heteroatoms. The van der Waals surface area contributed by atoms with E-state index < -0.39 is 111 Å². The Labute approximate surface area is 444 Å². The number of benzene rings is 8. The van der Waals surface area contributed by atoms with E-state index in [1.54, 1.807) is 13.8 Å². The molecule has 0 spiro atoms. The predicted molar refractivity (Wildman–Crippen MR) is 278 cm³/mol. The van der Waals surface area contributed by atoms with Gasteiger partial charge in [-0.2, -0.15) is 25.3 Å². The second-order valence-electron chi connectivity index (χ2n) is 16.9. The molecular weight excluding hydrogens is 1120 g/mol. The van der Waals surface area contributed by atoms with Crippen molar-refractivity contribution < 1.29 is 83.1 Å². The van der Waals surface area contributed by atoms with Crippen molar-refractivity contribution in [1.29, 1.82) is 0 Å². The molecule has 0 aliphatic rings. The molecule has 0 bridgehead atoms. The largest absolute Gasteiger partial charge is 0.495 e. The first-order valence-electron chi connectivity index (χ1n) is 22.1. The summed E-state index contributed by atoms with van der Waals surface area (Å²) in [5, 5.41) is 0. The first-order valence-corrected chi connectivity index (χ1v) is 30.9. The van der Waals surface area contributed by atoms with Crippen molar-refractivity contribution in [2.24, 2.45) is 0 Å². The lowest BCUT2D eigenvalue weighted by atomic mass is 10.1. The van der Waals surface area contributed by atoms with Crippen LogP contribution in [0.4, 0.5) is 0 Å². The summed E-state index contributed by atoms with van der Waals surface area (Å²) in [6, 6.07) is 32.8. The fourth-order valence-corrected chi connectivity index (χ4v) is 14.2. The van der Waals surface area contributed by atoms with Gasteiger partial charge in [-0.3, -0.25) is 13.7 Å². The van der Waals surface area contributed by atoms with Crippen molar-refractivity contribution in [3.05, 3.63) is 175 Å². The molecule has 0 aliphatic heterocycles. The summed E-state index contributed by atoms with van der Waals surface area (Å²) in [7, 11) is -26.9. The van der Waals surface area contributed by atoms with Crippen LogP contribution in [-0.2, 0) is 59.9 Å². The molecule has 0 heterocycles. The van der Waals surface area contributed by atoms with Crippen molar-refractivity contribution in [2.75, 3.05) is 14.2 Å². The average Bonchev–Trinajstić information content (AvgIpc) is 3.39. The monoisotopic (exact) mass is 1160 g/mol. The van der Waals surface area contributed by atoms with Gasteiger partial charge in [0.1, 0.15) is 54.1 Å². The summed E-state index contributed by atoms with van der Waals surface area (Å²) in [4.78, 5) is -5.47. The first kappa shape index (κ1) is 55.8. The zero-order valence-electron chi connectivity index (χ0n) is 40.4. The molecule has 77 heavy (non-hydrogen) atoms. The Morgan fingerprint density at radius 3 is 1.14 bits per heavy atom. The second-order valence-corrected chi connectivity index (χ2v) is 26.9. The molecule has 400 valence electrons. The maximum absolute atomic E-state index is 15.6. The molecule has 0 amide bonds. The van der Waals surface area contributed by atoms with Gasteiger partial charge in [-0.25, -0.2) is 25.3 Å². The van der Waals surface area contributed by atoms with Gasteiger partial charge in [-0.15, -0.1) is 0 Å². The summed E-state index contributed by atoms with van der Waals surface area (Å²) in [5.41, 5.74) is 1.63. The van der Waals surface area contributed by atoms with Crippen LogP contribution in [0.25, 0.3) is 22.3 Å². The minimum Gasteiger partial charge on any atom is -0.495 e. The number of aryl methyl sites for hydroxylation is 2. The van der Waals surface area contributed by atoms with E-state index in [2.05, 4.69) is 0 Å². The highest BCUT2D eigenvalue weighted by Gasteiger charge is 2.32. The summed E-state index contributed by atoms with van der Waals surface area (Å²) >= 11 is 0. The van der Waals surface area contributed by atoms with Crippen LogP contribution < -0.4 is 18.9 Å². The van der Waals surface area contributed by atoms with Gasteiger partial charge in [0.2, 0.25) is 29.5 Å². The normalized spacial score (nSPS) is 12.5. The minimum atomic E-state index is -5.31. The first-order chi connectivity index (χ1) is 36.0. The predicted octanol–water partition coefficient (Wildman–Crippen LogP) is 9.48. The van der Waals surface area contributed by atoms with Gasteiger partial charge < -0.3 is 18.9 Å².